The smallest absolute Gasteiger partial charge is 0.118 e. The van der Waals surface area contributed by atoms with Crippen molar-refractivity contribution in [2.24, 2.45) is 23.7 Å². The van der Waals surface area contributed by atoms with Crippen molar-refractivity contribution >= 4 is 0 Å². The first-order valence-electron chi connectivity index (χ1n) is 11.6. The Morgan fingerprint density at radius 2 is 1.43 bits per heavy atom. The second-order valence-electron chi connectivity index (χ2n) is 9.01. The minimum absolute atomic E-state index is 0.737. The van der Waals surface area contributed by atoms with E-state index in [0.717, 1.165) is 35.0 Å². The Hall–Kier alpha value is -1.68. The fourth-order valence-corrected chi connectivity index (χ4v) is 5.05. The summed E-state index contributed by atoms with van der Waals surface area (Å²) in [5, 5.41) is 0. The van der Waals surface area contributed by atoms with Crippen LogP contribution in [-0.4, -0.2) is 7.11 Å². The summed E-state index contributed by atoms with van der Waals surface area (Å²) in [6, 6.07) is 7.95. The van der Waals surface area contributed by atoms with Gasteiger partial charge in [0.05, 0.1) is 7.11 Å². The summed E-state index contributed by atoms with van der Waals surface area (Å²) in [6.45, 7) is 2.36. The molecule has 152 valence electrons. The van der Waals surface area contributed by atoms with Crippen molar-refractivity contribution in [1.82, 2.24) is 0 Å². The molecule has 0 amide bonds. The normalized spacial score (nSPS) is 27.9. The third kappa shape index (κ3) is 6.73. The summed E-state index contributed by atoms with van der Waals surface area (Å²) in [5.41, 5.74) is 1.04. The molecule has 1 nitrogen and oxygen atoms in total. The molecule has 0 unspecified atom stereocenters. The molecule has 0 spiro atoms. The molecule has 0 aromatic heterocycles. The standard InChI is InChI=1S/C27H38O/c1-3-22-8-10-25(11-9-22)16-17-26-14-12-23(13-15-26)6-4-5-7-24-18-20-27(28-2)21-19-24/h4,6,18-23,25-26H,3,8-17H2,1-2H3/b6-4+. The molecule has 0 aliphatic heterocycles. The Morgan fingerprint density at radius 1 is 0.857 bits per heavy atom. The molecule has 1 heteroatoms. The Morgan fingerprint density at radius 3 is 2.00 bits per heavy atom. The molecular formula is C27H38O. The summed E-state index contributed by atoms with van der Waals surface area (Å²) in [6.07, 6.45) is 20.3. The average molecular weight is 379 g/mol. The van der Waals surface area contributed by atoms with Crippen LogP contribution >= 0.6 is 0 Å². The maximum absolute atomic E-state index is 5.18. The highest BCUT2D eigenvalue weighted by atomic mass is 16.5. The van der Waals surface area contributed by atoms with Crippen molar-refractivity contribution in [2.45, 2.75) is 77.6 Å². The fourth-order valence-electron chi connectivity index (χ4n) is 5.05. The van der Waals surface area contributed by atoms with Crippen molar-refractivity contribution in [3.05, 3.63) is 42.0 Å². The van der Waals surface area contributed by atoms with Crippen molar-refractivity contribution in [3.8, 4) is 17.6 Å². The van der Waals surface area contributed by atoms with Gasteiger partial charge < -0.3 is 4.74 Å². The molecule has 2 aliphatic rings. The van der Waals surface area contributed by atoms with Gasteiger partial charge in [-0.1, -0.05) is 69.8 Å². The second-order valence-corrected chi connectivity index (χ2v) is 9.01. The third-order valence-corrected chi connectivity index (χ3v) is 7.18. The van der Waals surface area contributed by atoms with Gasteiger partial charge >= 0.3 is 0 Å². The summed E-state index contributed by atoms with van der Waals surface area (Å²) in [7, 11) is 1.69. The van der Waals surface area contributed by atoms with E-state index in [4.69, 9.17) is 4.74 Å². The largest absolute Gasteiger partial charge is 0.497 e. The fraction of sp³-hybridized carbons (Fsp3) is 0.630. The number of hydrogen-bond acceptors (Lipinski definition) is 1. The molecule has 0 bridgehead atoms. The molecule has 0 radical (unpaired) electrons. The molecule has 0 heterocycles. The number of benzene rings is 1. The number of methoxy groups -OCH3 is 1. The van der Waals surface area contributed by atoms with E-state index in [2.05, 4.69) is 30.9 Å². The van der Waals surface area contributed by atoms with E-state index in [1.54, 1.807) is 7.11 Å². The molecule has 1 aromatic rings. The topological polar surface area (TPSA) is 9.23 Å². The molecule has 2 aliphatic carbocycles. The molecule has 1 aromatic carbocycles. The van der Waals surface area contributed by atoms with E-state index < -0.39 is 0 Å². The van der Waals surface area contributed by atoms with Crippen LogP contribution < -0.4 is 4.74 Å². The van der Waals surface area contributed by atoms with Gasteiger partial charge in [0.15, 0.2) is 0 Å². The zero-order valence-electron chi connectivity index (χ0n) is 18.0. The van der Waals surface area contributed by atoms with Gasteiger partial charge in [0, 0.05) is 5.56 Å². The van der Waals surface area contributed by atoms with Crippen molar-refractivity contribution in [2.75, 3.05) is 7.11 Å². The maximum atomic E-state index is 5.18. The molecule has 2 fully saturated rings. The van der Waals surface area contributed by atoms with Crippen molar-refractivity contribution in [3.63, 3.8) is 0 Å². The Balaban J connectivity index is 1.33. The predicted octanol–water partition coefficient (Wildman–Crippen LogP) is 7.41. The van der Waals surface area contributed by atoms with E-state index in [-0.39, 0.29) is 0 Å². The molecule has 0 N–H and O–H groups in total. The van der Waals surface area contributed by atoms with Crippen LogP contribution in [0.1, 0.15) is 83.1 Å². The lowest BCUT2D eigenvalue weighted by atomic mass is 9.75. The van der Waals surface area contributed by atoms with Gasteiger partial charge in [-0.3, -0.25) is 0 Å². The van der Waals surface area contributed by atoms with Crippen LogP contribution in [0, 0.1) is 35.5 Å². The first-order chi connectivity index (χ1) is 13.8. The number of ether oxygens (including phenoxy) is 1. The molecule has 0 atom stereocenters. The second kappa shape index (κ2) is 11.4. The van der Waals surface area contributed by atoms with Gasteiger partial charge in [0.1, 0.15) is 5.75 Å². The Labute approximate surface area is 173 Å². The number of rotatable bonds is 6. The van der Waals surface area contributed by atoms with E-state index in [1.165, 1.54) is 70.6 Å². The third-order valence-electron chi connectivity index (χ3n) is 7.18. The van der Waals surface area contributed by atoms with Crippen LogP contribution in [0.5, 0.6) is 5.75 Å². The number of allylic oxidation sites excluding steroid dienone is 2. The molecular weight excluding hydrogens is 340 g/mol. The monoisotopic (exact) mass is 378 g/mol. The van der Waals surface area contributed by atoms with Crippen molar-refractivity contribution < 1.29 is 4.74 Å². The van der Waals surface area contributed by atoms with Crippen LogP contribution in [-0.2, 0) is 0 Å². The van der Waals surface area contributed by atoms with Gasteiger partial charge in [0.25, 0.3) is 0 Å². The van der Waals surface area contributed by atoms with E-state index in [1.807, 2.05) is 24.3 Å². The maximum Gasteiger partial charge on any atom is 0.118 e. The van der Waals surface area contributed by atoms with Crippen LogP contribution in [0.2, 0.25) is 0 Å². The van der Waals surface area contributed by atoms with Gasteiger partial charge in [-0.15, -0.1) is 0 Å². The summed E-state index contributed by atoms with van der Waals surface area (Å²) in [4.78, 5) is 0. The Kier molecular flexibility index (Phi) is 8.53. The van der Waals surface area contributed by atoms with Crippen LogP contribution in [0.25, 0.3) is 0 Å². The molecule has 0 saturated heterocycles. The highest BCUT2D eigenvalue weighted by molar-refractivity contribution is 5.40. The van der Waals surface area contributed by atoms with E-state index >= 15 is 0 Å². The minimum atomic E-state index is 0.737. The van der Waals surface area contributed by atoms with Gasteiger partial charge in [-0.05, 0) is 79.7 Å². The van der Waals surface area contributed by atoms with Crippen LogP contribution in [0.4, 0.5) is 0 Å². The van der Waals surface area contributed by atoms with Crippen LogP contribution in [0.3, 0.4) is 0 Å². The van der Waals surface area contributed by atoms with Gasteiger partial charge in [-0.2, -0.15) is 0 Å². The zero-order valence-corrected chi connectivity index (χ0v) is 18.0. The average Bonchev–Trinajstić information content (AvgIpc) is 2.77. The first-order valence-corrected chi connectivity index (χ1v) is 11.6. The first kappa shape index (κ1) is 21.0. The quantitative estimate of drug-likeness (QED) is 0.468. The summed E-state index contributed by atoms with van der Waals surface area (Å²) < 4.78 is 5.18. The van der Waals surface area contributed by atoms with Crippen LogP contribution in [0.15, 0.2) is 36.4 Å². The van der Waals surface area contributed by atoms with Gasteiger partial charge in [0.2, 0.25) is 0 Å². The lowest BCUT2D eigenvalue weighted by molar-refractivity contribution is 0.224. The highest BCUT2D eigenvalue weighted by Crippen LogP contribution is 2.37. The molecule has 2 saturated carbocycles. The molecule has 28 heavy (non-hydrogen) atoms. The Bertz CT molecular complexity index is 644. The SMILES string of the molecule is CCC1CCC(CCC2CCC(/C=C/C#Cc3ccc(OC)cc3)CC2)CC1. The lowest BCUT2D eigenvalue weighted by Crippen LogP contribution is -2.17. The zero-order chi connectivity index (χ0) is 19.6. The van der Waals surface area contributed by atoms with E-state index in [0.29, 0.717) is 0 Å². The predicted molar refractivity (Wildman–Crippen MR) is 119 cm³/mol. The highest BCUT2D eigenvalue weighted by Gasteiger charge is 2.23. The molecule has 3 rings (SSSR count). The van der Waals surface area contributed by atoms with Crippen molar-refractivity contribution in [1.29, 1.82) is 0 Å². The van der Waals surface area contributed by atoms with Gasteiger partial charge in [-0.25, -0.2) is 0 Å². The van der Waals surface area contributed by atoms with E-state index in [9.17, 15) is 0 Å². The summed E-state index contributed by atoms with van der Waals surface area (Å²) >= 11 is 0. The summed E-state index contributed by atoms with van der Waals surface area (Å²) in [5.74, 6) is 11.1. The minimum Gasteiger partial charge on any atom is -0.497 e. The number of hydrogen-bond donors (Lipinski definition) is 0. The lowest BCUT2D eigenvalue weighted by Gasteiger charge is -2.31.